The molecule has 6 heteroatoms. The quantitative estimate of drug-likeness (QED) is 0.311. The molecule has 0 radical (unpaired) electrons. The van der Waals surface area contributed by atoms with Crippen molar-refractivity contribution >= 4 is 26.9 Å². The number of fused-ring (bicyclic) bond motifs is 2. The third-order valence-corrected chi connectivity index (χ3v) is 6.30. The highest BCUT2D eigenvalue weighted by atomic mass is 79.9. The second kappa shape index (κ2) is 8.94. The van der Waals surface area contributed by atoms with E-state index in [0.717, 1.165) is 33.3 Å². The van der Waals surface area contributed by atoms with Gasteiger partial charge in [-0.25, -0.2) is 0 Å². The van der Waals surface area contributed by atoms with Crippen LogP contribution < -0.4 is 19.6 Å². The fraction of sp³-hybridized carbons (Fsp3) is 0.222. The van der Waals surface area contributed by atoms with Gasteiger partial charge in [-0.05, 0) is 60.4 Å². The first-order valence-electron chi connectivity index (χ1n) is 10.9. The Hall–Kier alpha value is -3.25. The smallest absolute Gasteiger partial charge is 0.200 e. The van der Waals surface area contributed by atoms with Crippen LogP contribution in [0.2, 0.25) is 0 Å². The zero-order valence-electron chi connectivity index (χ0n) is 18.4. The van der Waals surface area contributed by atoms with Crippen LogP contribution >= 0.6 is 15.9 Å². The van der Waals surface area contributed by atoms with Crippen LogP contribution in [0.25, 0.3) is 22.1 Å². The minimum atomic E-state index is -0.0698. The summed E-state index contributed by atoms with van der Waals surface area (Å²) in [5, 5.41) is 0.540. The molecular weight excluding hydrogens is 484 g/mol. The molecule has 168 valence electrons. The highest BCUT2D eigenvalue weighted by Crippen LogP contribution is 2.36. The van der Waals surface area contributed by atoms with E-state index in [1.54, 1.807) is 0 Å². The van der Waals surface area contributed by atoms with Crippen LogP contribution in [-0.2, 0) is 13.0 Å². The number of hydrogen-bond acceptors (Lipinski definition) is 5. The third-order valence-electron chi connectivity index (χ3n) is 5.77. The van der Waals surface area contributed by atoms with Gasteiger partial charge in [-0.2, -0.15) is 0 Å². The Morgan fingerprint density at radius 2 is 1.73 bits per heavy atom. The largest absolute Gasteiger partial charge is 0.488 e. The molecule has 33 heavy (non-hydrogen) atoms. The number of rotatable bonds is 5. The van der Waals surface area contributed by atoms with Crippen LogP contribution in [0.4, 0.5) is 0 Å². The molecule has 0 N–H and O–H groups in total. The monoisotopic (exact) mass is 506 g/mol. The molecule has 2 heterocycles. The summed E-state index contributed by atoms with van der Waals surface area (Å²) in [6.07, 6.45) is 0.734. The van der Waals surface area contributed by atoms with Crippen LogP contribution in [0, 0.1) is 6.92 Å². The summed E-state index contributed by atoms with van der Waals surface area (Å²) in [6.45, 7) is 5.30. The lowest BCUT2D eigenvalue weighted by molar-refractivity contribution is 0.171. The van der Waals surface area contributed by atoms with Gasteiger partial charge in [0, 0.05) is 10.5 Å². The van der Waals surface area contributed by atoms with E-state index in [9.17, 15) is 4.79 Å². The maximum absolute atomic E-state index is 13.5. The molecule has 0 saturated heterocycles. The van der Waals surface area contributed by atoms with Gasteiger partial charge in [-0.15, -0.1) is 0 Å². The Bertz CT molecular complexity index is 1390. The van der Waals surface area contributed by atoms with Crippen molar-refractivity contribution in [2.75, 3.05) is 13.2 Å². The molecule has 0 bridgehead atoms. The van der Waals surface area contributed by atoms with Crippen molar-refractivity contribution in [1.82, 2.24) is 0 Å². The molecule has 5 nitrogen and oxygen atoms in total. The Balaban J connectivity index is 1.54. The van der Waals surface area contributed by atoms with Gasteiger partial charge in [0.15, 0.2) is 11.5 Å². The number of ether oxygens (including phenoxy) is 3. The van der Waals surface area contributed by atoms with E-state index >= 15 is 0 Å². The van der Waals surface area contributed by atoms with Crippen molar-refractivity contribution in [1.29, 1.82) is 0 Å². The van der Waals surface area contributed by atoms with Crippen molar-refractivity contribution in [3.05, 3.63) is 86.2 Å². The molecule has 1 aromatic heterocycles. The second-order valence-electron chi connectivity index (χ2n) is 7.95. The van der Waals surface area contributed by atoms with Gasteiger partial charge in [0.05, 0.1) is 10.9 Å². The van der Waals surface area contributed by atoms with Crippen LogP contribution in [0.3, 0.4) is 0 Å². The molecule has 0 saturated carbocycles. The first kappa shape index (κ1) is 21.6. The summed E-state index contributed by atoms with van der Waals surface area (Å²) in [4.78, 5) is 13.5. The first-order valence-corrected chi connectivity index (χ1v) is 11.7. The summed E-state index contributed by atoms with van der Waals surface area (Å²) < 4.78 is 24.6. The summed E-state index contributed by atoms with van der Waals surface area (Å²) in [6, 6.07) is 17.3. The molecule has 0 spiro atoms. The maximum Gasteiger partial charge on any atom is 0.200 e. The molecule has 4 aromatic rings. The van der Waals surface area contributed by atoms with Crippen molar-refractivity contribution in [3.8, 4) is 28.4 Å². The normalized spacial score (nSPS) is 12.7. The highest BCUT2D eigenvalue weighted by Gasteiger charge is 2.19. The van der Waals surface area contributed by atoms with E-state index in [2.05, 4.69) is 15.9 Å². The predicted octanol–water partition coefficient (Wildman–Crippen LogP) is 6.44. The summed E-state index contributed by atoms with van der Waals surface area (Å²) in [5.74, 6) is 2.60. The highest BCUT2D eigenvalue weighted by molar-refractivity contribution is 9.10. The van der Waals surface area contributed by atoms with Crippen molar-refractivity contribution in [2.45, 2.75) is 26.9 Å². The first-order chi connectivity index (χ1) is 16.0. The molecule has 3 aromatic carbocycles. The Labute approximate surface area is 200 Å². The van der Waals surface area contributed by atoms with Crippen LogP contribution in [-0.4, -0.2) is 13.2 Å². The van der Waals surface area contributed by atoms with Gasteiger partial charge >= 0.3 is 0 Å². The molecule has 0 fully saturated rings. The predicted molar refractivity (Wildman–Crippen MR) is 131 cm³/mol. The summed E-state index contributed by atoms with van der Waals surface area (Å²) >= 11 is 3.45. The Morgan fingerprint density at radius 1 is 0.970 bits per heavy atom. The fourth-order valence-corrected chi connectivity index (χ4v) is 4.33. The summed E-state index contributed by atoms with van der Waals surface area (Å²) in [7, 11) is 0. The van der Waals surface area contributed by atoms with Gasteiger partial charge in [0.1, 0.15) is 36.9 Å². The lowest BCUT2D eigenvalue weighted by atomic mass is 10.00. The lowest BCUT2D eigenvalue weighted by Crippen LogP contribution is -2.15. The minimum absolute atomic E-state index is 0.0698. The van der Waals surface area contributed by atoms with Gasteiger partial charge in [-0.3, -0.25) is 4.79 Å². The third kappa shape index (κ3) is 4.23. The average Bonchev–Trinajstić information content (AvgIpc) is 2.83. The minimum Gasteiger partial charge on any atom is -0.488 e. The maximum atomic E-state index is 13.5. The van der Waals surface area contributed by atoms with E-state index < -0.39 is 0 Å². The fourth-order valence-electron chi connectivity index (χ4n) is 4.06. The number of hydrogen-bond donors (Lipinski definition) is 0. The van der Waals surface area contributed by atoms with E-state index in [4.69, 9.17) is 18.6 Å². The van der Waals surface area contributed by atoms with E-state index in [1.807, 2.05) is 68.4 Å². The van der Waals surface area contributed by atoms with Crippen LogP contribution in [0.5, 0.6) is 17.2 Å². The van der Waals surface area contributed by atoms with E-state index in [-0.39, 0.29) is 5.43 Å². The molecule has 0 amide bonds. The van der Waals surface area contributed by atoms with E-state index in [1.165, 1.54) is 0 Å². The van der Waals surface area contributed by atoms with Gasteiger partial charge < -0.3 is 18.6 Å². The second-order valence-corrected chi connectivity index (χ2v) is 8.86. The topological polar surface area (TPSA) is 57.9 Å². The SMILES string of the molecule is CCc1cc2c(=O)c(-c3ccc4c(c3)OCCO4)c(C)oc2cc1OCc1ccc(Br)cc1. The lowest BCUT2D eigenvalue weighted by Gasteiger charge is -2.19. The number of halogens is 1. The Morgan fingerprint density at radius 3 is 2.48 bits per heavy atom. The van der Waals surface area contributed by atoms with E-state index in [0.29, 0.717) is 53.6 Å². The molecule has 1 aliphatic rings. The molecule has 0 atom stereocenters. The molecule has 5 rings (SSSR count). The van der Waals surface area contributed by atoms with Crippen LogP contribution in [0.15, 0.2) is 68.3 Å². The zero-order valence-corrected chi connectivity index (χ0v) is 20.0. The number of benzene rings is 3. The Kier molecular flexibility index (Phi) is 5.85. The van der Waals surface area contributed by atoms with Crippen molar-refractivity contribution in [2.24, 2.45) is 0 Å². The molecule has 1 aliphatic heterocycles. The summed E-state index contributed by atoms with van der Waals surface area (Å²) in [5.41, 5.74) is 3.75. The van der Waals surface area contributed by atoms with Crippen LogP contribution in [0.1, 0.15) is 23.8 Å². The molecular formula is C27H23BrO5. The zero-order chi connectivity index (χ0) is 22.9. The van der Waals surface area contributed by atoms with Crippen molar-refractivity contribution < 1.29 is 18.6 Å². The average molecular weight is 507 g/mol. The molecule has 0 unspecified atom stereocenters. The van der Waals surface area contributed by atoms with Crippen molar-refractivity contribution in [3.63, 3.8) is 0 Å². The van der Waals surface area contributed by atoms with Gasteiger partial charge in [0.2, 0.25) is 5.43 Å². The van der Waals surface area contributed by atoms with Gasteiger partial charge in [0.25, 0.3) is 0 Å². The molecule has 0 aliphatic carbocycles. The standard InChI is InChI=1S/C27H23BrO5/c1-3-18-12-21-24(14-23(18)32-15-17-4-7-20(28)8-5-17)33-16(2)26(27(21)29)19-6-9-22-25(13-19)31-11-10-30-22/h4-9,12-14H,3,10-11,15H2,1-2H3. The number of aryl methyl sites for hydroxylation is 2. The van der Waals surface area contributed by atoms with Gasteiger partial charge in [-0.1, -0.05) is 41.1 Å².